The molecule has 0 radical (unpaired) electrons. The first-order chi connectivity index (χ1) is 15.7. The molecule has 0 heterocycles. The maximum absolute atomic E-state index is 12.6. The van der Waals surface area contributed by atoms with Crippen molar-refractivity contribution < 1.29 is 33.7 Å². The number of carbonyl (C=O) groups is 3. The van der Waals surface area contributed by atoms with Crippen LogP contribution in [-0.2, 0) is 28.6 Å². The summed E-state index contributed by atoms with van der Waals surface area (Å²) in [6, 6.07) is 0. The largest absolute Gasteiger partial charge is 0.462 e. The molecule has 0 aromatic carbocycles. The van der Waals surface area contributed by atoms with Crippen LogP contribution in [0.3, 0.4) is 0 Å². The summed E-state index contributed by atoms with van der Waals surface area (Å²) >= 11 is 0. The van der Waals surface area contributed by atoms with Crippen molar-refractivity contribution >= 4 is 17.9 Å². The number of hydrogen-bond donors (Lipinski definition) is 1. The maximum Gasteiger partial charge on any atom is 0.330 e. The quantitative estimate of drug-likeness (QED) is 0.143. The second kappa shape index (κ2) is 13.4. The molecule has 0 fully saturated rings. The Kier molecular flexibility index (Phi) is 12.7. The normalized spacial score (nSPS) is 14.6. The molecule has 0 saturated heterocycles. The second-order valence-corrected chi connectivity index (χ2v) is 13.1. The van der Waals surface area contributed by atoms with Crippen LogP contribution in [0.25, 0.3) is 0 Å². The molecule has 0 aromatic heterocycles. The summed E-state index contributed by atoms with van der Waals surface area (Å²) in [5, 5.41) is 11.1. The molecule has 204 valence electrons. The summed E-state index contributed by atoms with van der Waals surface area (Å²) in [5.41, 5.74) is -0.819. The van der Waals surface area contributed by atoms with Crippen molar-refractivity contribution in [3.8, 4) is 0 Å². The van der Waals surface area contributed by atoms with Gasteiger partial charge in [-0.05, 0) is 40.9 Å². The van der Waals surface area contributed by atoms with Crippen LogP contribution in [0, 0.1) is 21.7 Å². The molecule has 0 aliphatic carbocycles. The summed E-state index contributed by atoms with van der Waals surface area (Å²) in [5.74, 6) is -1.61. The minimum atomic E-state index is -0.591. The summed E-state index contributed by atoms with van der Waals surface area (Å²) < 4.78 is 15.6. The SMILES string of the molecule is C=CC(=O)OCCOC(=O)CCC(=O)OC(CC(C)(C)C)CC(C)(C)C(C)(C)C(O)CC(C)(C)C. The molecule has 7 heteroatoms. The van der Waals surface area contributed by atoms with E-state index in [1.165, 1.54) is 0 Å². The van der Waals surface area contributed by atoms with Gasteiger partial charge in [0.15, 0.2) is 0 Å². The number of aliphatic hydroxyl groups is 1. The predicted octanol–water partition coefficient (Wildman–Crippen LogP) is 5.63. The van der Waals surface area contributed by atoms with Gasteiger partial charge in [-0.15, -0.1) is 0 Å². The molecule has 0 aliphatic heterocycles. The van der Waals surface area contributed by atoms with Crippen LogP contribution in [0.4, 0.5) is 0 Å². The van der Waals surface area contributed by atoms with Crippen LogP contribution in [0.15, 0.2) is 12.7 Å². The first-order valence-corrected chi connectivity index (χ1v) is 12.5. The van der Waals surface area contributed by atoms with Gasteiger partial charge in [0.2, 0.25) is 0 Å². The summed E-state index contributed by atoms with van der Waals surface area (Å²) in [7, 11) is 0. The molecule has 0 saturated carbocycles. The number of aliphatic hydroxyl groups excluding tert-OH is 1. The van der Waals surface area contributed by atoms with Gasteiger partial charge < -0.3 is 19.3 Å². The zero-order valence-electron chi connectivity index (χ0n) is 23.8. The van der Waals surface area contributed by atoms with E-state index in [-0.39, 0.29) is 48.4 Å². The van der Waals surface area contributed by atoms with Crippen LogP contribution in [0.2, 0.25) is 0 Å². The highest BCUT2D eigenvalue weighted by Gasteiger charge is 2.45. The van der Waals surface area contributed by atoms with E-state index < -0.39 is 29.4 Å². The Balaban J connectivity index is 5.08. The van der Waals surface area contributed by atoms with Crippen LogP contribution in [0.5, 0.6) is 0 Å². The van der Waals surface area contributed by atoms with Gasteiger partial charge in [0, 0.05) is 6.08 Å². The molecule has 0 amide bonds. The third kappa shape index (κ3) is 13.7. The average Bonchev–Trinajstić information content (AvgIpc) is 2.66. The van der Waals surface area contributed by atoms with E-state index in [4.69, 9.17) is 14.2 Å². The van der Waals surface area contributed by atoms with Gasteiger partial charge in [-0.1, -0.05) is 75.8 Å². The fourth-order valence-corrected chi connectivity index (χ4v) is 3.83. The van der Waals surface area contributed by atoms with Crippen LogP contribution in [0.1, 0.15) is 101 Å². The third-order valence-corrected chi connectivity index (χ3v) is 6.55. The number of rotatable bonds is 14. The van der Waals surface area contributed by atoms with Gasteiger partial charge >= 0.3 is 17.9 Å². The molecule has 7 nitrogen and oxygen atoms in total. The van der Waals surface area contributed by atoms with Crippen LogP contribution >= 0.6 is 0 Å². The van der Waals surface area contributed by atoms with Crippen LogP contribution < -0.4 is 0 Å². The minimum Gasteiger partial charge on any atom is -0.462 e. The molecule has 0 aromatic rings. The zero-order chi connectivity index (χ0) is 27.7. The highest BCUT2D eigenvalue weighted by atomic mass is 16.6. The number of ether oxygens (including phenoxy) is 3. The van der Waals surface area contributed by atoms with Gasteiger partial charge in [-0.3, -0.25) is 9.59 Å². The van der Waals surface area contributed by atoms with E-state index >= 15 is 0 Å². The fraction of sp³-hybridized carbons (Fsp3) is 0.821. The summed E-state index contributed by atoms with van der Waals surface area (Å²) in [6.45, 7) is 24.1. The van der Waals surface area contributed by atoms with Gasteiger partial charge in [-0.25, -0.2) is 4.79 Å². The van der Waals surface area contributed by atoms with Crippen molar-refractivity contribution in [3.63, 3.8) is 0 Å². The molecule has 1 N–H and O–H groups in total. The van der Waals surface area contributed by atoms with Gasteiger partial charge in [0.25, 0.3) is 0 Å². The standard InChI is InChI=1S/C28H50O7/c1-12-22(30)33-15-16-34-23(31)13-14-24(32)35-20(17-25(2,3)4)18-27(8,9)28(10,11)21(29)19-26(5,6)7/h12,20-21,29H,1,13-19H2,2-11H3. The Bertz CT molecular complexity index is 708. The van der Waals surface area contributed by atoms with E-state index in [9.17, 15) is 19.5 Å². The lowest BCUT2D eigenvalue weighted by molar-refractivity contribution is -0.158. The Hall–Kier alpha value is -1.89. The lowest BCUT2D eigenvalue weighted by atomic mass is 9.60. The molecule has 2 unspecified atom stereocenters. The molecule has 0 spiro atoms. The van der Waals surface area contributed by atoms with Crippen molar-refractivity contribution in [2.24, 2.45) is 21.7 Å². The summed E-state index contributed by atoms with van der Waals surface area (Å²) in [4.78, 5) is 35.5. The lowest BCUT2D eigenvalue weighted by Crippen LogP contribution is -2.46. The Morgan fingerprint density at radius 2 is 1.26 bits per heavy atom. The molecule has 35 heavy (non-hydrogen) atoms. The maximum atomic E-state index is 12.6. The minimum absolute atomic E-state index is 0.00798. The highest BCUT2D eigenvalue weighted by molar-refractivity contribution is 5.81. The van der Waals surface area contributed by atoms with E-state index in [2.05, 4.69) is 75.8 Å². The Morgan fingerprint density at radius 3 is 1.74 bits per heavy atom. The molecular weight excluding hydrogens is 448 g/mol. The molecule has 2 atom stereocenters. The fourth-order valence-electron chi connectivity index (χ4n) is 3.83. The number of carbonyl (C=O) groups excluding carboxylic acids is 3. The molecule has 0 rings (SSSR count). The molecular formula is C28H50O7. The predicted molar refractivity (Wildman–Crippen MR) is 138 cm³/mol. The summed E-state index contributed by atoms with van der Waals surface area (Å²) in [6.07, 6.45) is 1.87. The highest BCUT2D eigenvalue weighted by Crippen LogP contribution is 2.48. The van der Waals surface area contributed by atoms with Crippen molar-refractivity contribution in [2.75, 3.05) is 13.2 Å². The van der Waals surface area contributed by atoms with E-state index in [1.807, 2.05) is 0 Å². The number of esters is 3. The van der Waals surface area contributed by atoms with Gasteiger partial charge in [-0.2, -0.15) is 0 Å². The van der Waals surface area contributed by atoms with Gasteiger partial charge in [0.1, 0.15) is 19.3 Å². The van der Waals surface area contributed by atoms with Crippen molar-refractivity contribution in [1.29, 1.82) is 0 Å². The topological polar surface area (TPSA) is 99.1 Å². The second-order valence-electron chi connectivity index (χ2n) is 13.1. The lowest BCUT2D eigenvalue weighted by Gasteiger charge is -2.48. The van der Waals surface area contributed by atoms with E-state index in [0.717, 1.165) is 6.08 Å². The number of hydrogen-bond acceptors (Lipinski definition) is 7. The monoisotopic (exact) mass is 498 g/mol. The smallest absolute Gasteiger partial charge is 0.330 e. The zero-order valence-corrected chi connectivity index (χ0v) is 23.8. The molecule has 0 bridgehead atoms. The van der Waals surface area contributed by atoms with Crippen molar-refractivity contribution in [1.82, 2.24) is 0 Å². The van der Waals surface area contributed by atoms with E-state index in [1.54, 1.807) is 0 Å². The third-order valence-electron chi connectivity index (χ3n) is 6.55. The van der Waals surface area contributed by atoms with Gasteiger partial charge in [0.05, 0.1) is 18.9 Å². The first-order valence-electron chi connectivity index (χ1n) is 12.5. The Labute approximate surface area is 213 Å². The molecule has 0 aliphatic rings. The van der Waals surface area contributed by atoms with E-state index in [0.29, 0.717) is 19.3 Å². The average molecular weight is 499 g/mol. The van der Waals surface area contributed by atoms with Crippen molar-refractivity contribution in [2.45, 2.75) is 114 Å². The first kappa shape index (κ1) is 33.1. The Morgan fingerprint density at radius 1 is 0.771 bits per heavy atom. The van der Waals surface area contributed by atoms with Crippen LogP contribution in [-0.4, -0.2) is 48.4 Å². The van der Waals surface area contributed by atoms with Crippen molar-refractivity contribution in [3.05, 3.63) is 12.7 Å².